The molecule has 0 spiro atoms. The van der Waals surface area contributed by atoms with Gasteiger partial charge in [-0.05, 0) is 37.2 Å². The molecular weight excluding hydrogens is 290 g/mol. The third kappa shape index (κ3) is 6.63. The molecule has 2 amide bonds. The van der Waals surface area contributed by atoms with Crippen LogP contribution in [0.4, 0.5) is 0 Å². The Hall–Kier alpha value is -2.17. The number of amides is 2. The molecule has 1 aliphatic rings. The molecule has 2 N–H and O–H groups in total. The quantitative estimate of drug-likeness (QED) is 0.792. The number of carbonyl (C=O) groups is 2. The van der Waals surface area contributed by atoms with Crippen LogP contribution in [0.1, 0.15) is 51.0 Å². The zero-order chi connectivity index (χ0) is 16.5. The lowest BCUT2D eigenvalue weighted by Crippen LogP contribution is -2.26. The third-order valence-electron chi connectivity index (χ3n) is 4.00. The van der Waals surface area contributed by atoms with Crippen LogP contribution in [0.15, 0.2) is 35.4 Å². The lowest BCUT2D eigenvalue weighted by molar-refractivity contribution is -0.126. The summed E-state index contributed by atoms with van der Waals surface area (Å²) in [5, 5.41) is 7.00. The highest BCUT2D eigenvalue weighted by molar-refractivity contribution is 5.88. The Kier molecular flexibility index (Phi) is 6.78. The lowest BCUT2D eigenvalue weighted by atomic mass is 9.89. The molecule has 23 heavy (non-hydrogen) atoms. The van der Waals surface area contributed by atoms with Crippen molar-refractivity contribution in [3.8, 4) is 0 Å². The Balaban J connectivity index is 1.63. The molecule has 0 aliphatic heterocycles. The highest BCUT2D eigenvalue weighted by atomic mass is 16.2. The van der Waals surface area contributed by atoms with Crippen molar-refractivity contribution in [1.29, 1.82) is 0 Å². The average Bonchev–Trinajstić information content (AvgIpc) is 2.57. The maximum absolute atomic E-state index is 11.7. The van der Waals surface area contributed by atoms with Crippen LogP contribution in [0.25, 0.3) is 0 Å². The third-order valence-corrected chi connectivity index (χ3v) is 4.00. The molecule has 2 rings (SSSR count). The predicted molar refractivity (Wildman–Crippen MR) is 90.7 cm³/mol. The van der Waals surface area contributed by atoms with Gasteiger partial charge in [-0.2, -0.15) is 5.10 Å². The molecular formula is C18H25N3O2. The van der Waals surface area contributed by atoms with E-state index in [1.165, 1.54) is 6.42 Å². The largest absolute Gasteiger partial charge is 0.352 e. The van der Waals surface area contributed by atoms with Crippen molar-refractivity contribution in [1.82, 2.24) is 10.7 Å². The van der Waals surface area contributed by atoms with E-state index in [4.69, 9.17) is 0 Å². The van der Waals surface area contributed by atoms with Gasteiger partial charge in [0.2, 0.25) is 11.8 Å². The molecule has 0 saturated heterocycles. The van der Waals surface area contributed by atoms with Gasteiger partial charge in [-0.3, -0.25) is 9.59 Å². The summed E-state index contributed by atoms with van der Waals surface area (Å²) in [7, 11) is 0. The Bertz CT molecular complexity index is 555. The molecule has 1 fully saturated rings. The molecule has 0 bridgehead atoms. The van der Waals surface area contributed by atoms with Gasteiger partial charge >= 0.3 is 0 Å². The second-order valence-corrected chi connectivity index (χ2v) is 6.18. The maximum atomic E-state index is 11.7. The number of hydrazone groups is 1. The first kappa shape index (κ1) is 17.2. The first-order valence-electron chi connectivity index (χ1n) is 8.28. The Labute approximate surface area is 137 Å². The molecule has 1 atom stereocenters. The smallest absolute Gasteiger partial charge is 0.240 e. The van der Waals surface area contributed by atoms with Gasteiger partial charge in [0, 0.05) is 25.1 Å². The van der Waals surface area contributed by atoms with E-state index in [0.29, 0.717) is 12.5 Å². The minimum Gasteiger partial charge on any atom is -0.352 e. The summed E-state index contributed by atoms with van der Waals surface area (Å²) in [6.07, 6.45) is 4.62. The topological polar surface area (TPSA) is 70.6 Å². The molecule has 1 aromatic rings. The number of hydrogen-bond donors (Lipinski definition) is 2. The number of carbonyl (C=O) groups excluding carboxylic acids is 2. The molecule has 0 radical (unpaired) electrons. The molecule has 0 heterocycles. The van der Waals surface area contributed by atoms with Crippen molar-refractivity contribution in [3.05, 3.63) is 35.9 Å². The molecule has 1 aromatic carbocycles. The molecule has 0 aromatic heterocycles. The summed E-state index contributed by atoms with van der Waals surface area (Å²) in [6, 6.07) is 9.70. The average molecular weight is 315 g/mol. The fraction of sp³-hybridized carbons (Fsp3) is 0.500. The number of hydrogen-bond acceptors (Lipinski definition) is 3. The zero-order valence-corrected chi connectivity index (χ0v) is 13.7. The van der Waals surface area contributed by atoms with Crippen LogP contribution >= 0.6 is 0 Å². The summed E-state index contributed by atoms with van der Waals surface area (Å²) in [5.41, 5.74) is 4.68. The van der Waals surface area contributed by atoms with Gasteiger partial charge in [-0.25, -0.2) is 5.43 Å². The first-order chi connectivity index (χ1) is 11.1. The van der Waals surface area contributed by atoms with Crippen LogP contribution in [0.3, 0.4) is 0 Å². The van der Waals surface area contributed by atoms with E-state index in [9.17, 15) is 9.59 Å². The van der Waals surface area contributed by atoms with Crippen LogP contribution in [0.5, 0.6) is 0 Å². The second kappa shape index (κ2) is 9.08. The van der Waals surface area contributed by atoms with Gasteiger partial charge in [0.15, 0.2) is 0 Å². The molecule has 1 saturated carbocycles. The van der Waals surface area contributed by atoms with Crippen molar-refractivity contribution in [2.45, 2.75) is 52.0 Å². The van der Waals surface area contributed by atoms with Gasteiger partial charge in [-0.15, -0.1) is 0 Å². The molecule has 5 heteroatoms. The fourth-order valence-corrected chi connectivity index (χ4v) is 2.67. The van der Waals surface area contributed by atoms with Gasteiger partial charge in [0.25, 0.3) is 0 Å². The number of nitrogens with zero attached hydrogens (tertiary/aromatic N) is 1. The summed E-state index contributed by atoms with van der Waals surface area (Å²) in [6.45, 7) is 2.69. The van der Waals surface area contributed by atoms with Crippen LogP contribution in [-0.4, -0.2) is 17.5 Å². The van der Waals surface area contributed by atoms with Crippen LogP contribution in [0, 0.1) is 5.92 Å². The molecule has 124 valence electrons. The number of nitrogens with one attached hydrogen (secondary N) is 2. The summed E-state index contributed by atoms with van der Waals surface area (Å²) >= 11 is 0. The van der Waals surface area contributed by atoms with Crippen molar-refractivity contribution in [3.63, 3.8) is 0 Å². The highest BCUT2D eigenvalue weighted by Crippen LogP contribution is 2.20. The maximum Gasteiger partial charge on any atom is 0.240 e. The standard InChI is InChI=1S/C18H25N3O2/c1-14-6-5-9-16(12-14)20-21-18(23)11-10-17(22)19-13-15-7-3-2-4-8-15/h2-4,7-8,14H,5-6,9-13H2,1H3,(H,19,22)(H,21,23)/t14-/m0/s1. The minimum absolute atomic E-state index is 0.122. The predicted octanol–water partition coefficient (Wildman–Crippen LogP) is 2.77. The van der Waals surface area contributed by atoms with Crippen molar-refractivity contribution < 1.29 is 9.59 Å². The van der Waals surface area contributed by atoms with Gasteiger partial charge in [0.1, 0.15) is 0 Å². The summed E-state index contributed by atoms with van der Waals surface area (Å²) in [5.74, 6) is 0.316. The van der Waals surface area contributed by atoms with Gasteiger partial charge < -0.3 is 5.32 Å². The van der Waals surface area contributed by atoms with Crippen molar-refractivity contribution in [2.24, 2.45) is 11.0 Å². The van der Waals surface area contributed by atoms with Crippen LogP contribution in [0.2, 0.25) is 0 Å². The number of rotatable bonds is 6. The monoisotopic (exact) mass is 315 g/mol. The zero-order valence-electron chi connectivity index (χ0n) is 13.7. The molecule has 1 aliphatic carbocycles. The van der Waals surface area contributed by atoms with E-state index in [1.807, 2.05) is 30.3 Å². The fourth-order valence-electron chi connectivity index (χ4n) is 2.67. The molecule has 0 unspecified atom stereocenters. The van der Waals surface area contributed by atoms with Crippen molar-refractivity contribution >= 4 is 17.5 Å². The normalized spacial score (nSPS) is 19.3. The van der Waals surface area contributed by atoms with E-state index < -0.39 is 0 Å². The molecule has 5 nitrogen and oxygen atoms in total. The highest BCUT2D eigenvalue weighted by Gasteiger charge is 2.14. The van der Waals surface area contributed by atoms with Crippen LogP contribution in [-0.2, 0) is 16.1 Å². The van der Waals surface area contributed by atoms with Crippen molar-refractivity contribution in [2.75, 3.05) is 0 Å². The Morgan fingerprint density at radius 3 is 2.65 bits per heavy atom. The first-order valence-corrected chi connectivity index (χ1v) is 8.28. The van der Waals surface area contributed by atoms with Gasteiger partial charge in [-0.1, -0.05) is 37.3 Å². The Morgan fingerprint density at radius 2 is 1.91 bits per heavy atom. The van der Waals surface area contributed by atoms with Gasteiger partial charge in [0.05, 0.1) is 0 Å². The van der Waals surface area contributed by atoms with Crippen LogP contribution < -0.4 is 10.7 Å². The van der Waals surface area contributed by atoms with E-state index >= 15 is 0 Å². The summed E-state index contributed by atoms with van der Waals surface area (Å²) in [4.78, 5) is 23.5. The van der Waals surface area contributed by atoms with E-state index in [-0.39, 0.29) is 24.7 Å². The lowest BCUT2D eigenvalue weighted by Gasteiger charge is -2.18. The number of benzene rings is 1. The van der Waals surface area contributed by atoms with E-state index in [1.54, 1.807) is 0 Å². The van der Waals surface area contributed by atoms with E-state index in [2.05, 4.69) is 22.8 Å². The summed E-state index contributed by atoms with van der Waals surface area (Å²) < 4.78 is 0. The SMILES string of the molecule is C[C@H]1CCCC(=NNC(=O)CCC(=O)NCc2ccccc2)C1. The Morgan fingerprint density at radius 1 is 1.17 bits per heavy atom. The van der Waals surface area contributed by atoms with E-state index in [0.717, 1.165) is 30.5 Å². The second-order valence-electron chi connectivity index (χ2n) is 6.18. The minimum atomic E-state index is -0.203.